The van der Waals surface area contributed by atoms with E-state index in [0.717, 1.165) is 0 Å². The van der Waals surface area contributed by atoms with Crippen LogP contribution >= 0.6 is 0 Å². The van der Waals surface area contributed by atoms with Gasteiger partial charge in [-0.25, -0.2) is 4.39 Å². The number of nitro groups is 1. The molecule has 9 heteroatoms. The minimum absolute atomic E-state index is 0.0459. The molecule has 7 nitrogen and oxygen atoms in total. The lowest BCUT2D eigenvalue weighted by atomic mass is 10.1. The van der Waals surface area contributed by atoms with E-state index in [4.69, 9.17) is 5.11 Å². The molecular formula is C11H10F2N2O5. The van der Waals surface area contributed by atoms with Crippen molar-refractivity contribution in [3.8, 4) is 0 Å². The number of hydrogen-bond donors (Lipinski definition) is 2. The lowest BCUT2D eigenvalue weighted by molar-refractivity contribution is -0.387. The van der Waals surface area contributed by atoms with Crippen molar-refractivity contribution in [2.45, 2.75) is 12.8 Å². The molecule has 20 heavy (non-hydrogen) atoms. The van der Waals surface area contributed by atoms with Crippen molar-refractivity contribution in [2.75, 3.05) is 6.54 Å². The second-order valence-electron chi connectivity index (χ2n) is 3.79. The van der Waals surface area contributed by atoms with Crippen LogP contribution in [0.25, 0.3) is 0 Å². The number of benzene rings is 1. The zero-order valence-electron chi connectivity index (χ0n) is 10.1. The molecule has 0 heterocycles. The number of carbonyl (C=O) groups excluding carboxylic acids is 1. The molecule has 0 radical (unpaired) electrons. The van der Waals surface area contributed by atoms with Gasteiger partial charge in [-0.1, -0.05) is 0 Å². The summed E-state index contributed by atoms with van der Waals surface area (Å²) < 4.78 is 26.4. The highest BCUT2D eigenvalue weighted by Gasteiger charge is 2.22. The molecule has 0 aromatic heterocycles. The molecule has 1 aromatic carbocycles. The van der Waals surface area contributed by atoms with Crippen molar-refractivity contribution >= 4 is 17.6 Å². The fourth-order valence-electron chi connectivity index (χ4n) is 1.39. The average molecular weight is 288 g/mol. The van der Waals surface area contributed by atoms with Crippen molar-refractivity contribution < 1.29 is 28.4 Å². The average Bonchev–Trinajstić information content (AvgIpc) is 2.33. The Balaban J connectivity index is 2.80. The first-order valence-corrected chi connectivity index (χ1v) is 5.46. The lowest BCUT2D eigenvalue weighted by Crippen LogP contribution is -2.26. The Bertz CT molecular complexity index is 562. The Morgan fingerprint density at radius 3 is 2.50 bits per heavy atom. The number of carbonyl (C=O) groups is 2. The first kappa shape index (κ1) is 15.5. The van der Waals surface area contributed by atoms with E-state index in [2.05, 4.69) is 5.32 Å². The van der Waals surface area contributed by atoms with E-state index in [1.54, 1.807) is 0 Å². The van der Waals surface area contributed by atoms with Crippen LogP contribution in [0.1, 0.15) is 23.2 Å². The Kier molecular flexibility index (Phi) is 5.07. The maximum Gasteiger partial charge on any atom is 0.305 e. The number of carboxylic acids is 1. The van der Waals surface area contributed by atoms with Crippen LogP contribution in [0.4, 0.5) is 14.5 Å². The number of halogens is 2. The summed E-state index contributed by atoms with van der Waals surface area (Å²) in [5.74, 6) is -4.64. The second kappa shape index (κ2) is 6.55. The Labute approximate surface area is 111 Å². The summed E-state index contributed by atoms with van der Waals surface area (Å²) in [6.07, 6.45) is -0.0711. The van der Waals surface area contributed by atoms with E-state index in [0.29, 0.717) is 6.07 Å². The third kappa shape index (κ3) is 3.97. The summed E-state index contributed by atoms with van der Waals surface area (Å²) >= 11 is 0. The first-order valence-electron chi connectivity index (χ1n) is 5.46. The van der Waals surface area contributed by atoms with Gasteiger partial charge in [0.25, 0.3) is 5.91 Å². The number of amides is 1. The van der Waals surface area contributed by atoms with Gasteiger partial charge in [0, 0.05) is 25.1 Å². The van der Waals surface area contributed by atoms with E-state index < -0.39 is 39.7 Å². The van der Waals surface area contributed by atoms with Crippen LogP contribution in [0, 0.1) is 21.7 Å². The highest BCUT2D eigenvalue weighted by molar-refractivity contribution is 5.95. The molecule has 0 unspecified atom stereocenters. The summed E-state index contributed by atoms with van der Waals surface area (Å²) in [5, 5.41) is 21.1. The minimum atomic E-state index is -1.38. The van der Waals surface area contributed by atoms with Gasteiger partial charge >= 0.3 is 11.7 Å². The number of nitrogens with one attached hydrogen (secondary N) is 1. The molecule has 0 aliphatic rings. The van der Waals surface area contributed by atoms with Gasteiger partial charge in [0.2, 0.25) is 5.82 Å². The van der Waals surface area contributed by atoms with E-state index in [1.165, 1.54) is 0 Å². The molecular weight excluding hydrogens is 278 g/mol. The van der Waals surface area contributed by atoms with Crippen molar-refractivity contribution in [3.05, 3.63) is 39.4 Å². The van der Waals surface area contributed by atoms with Crippen LogP contribution in [-0.2, 0) is 4.79 Å². The van der Waals surface area contributed by atoms with Gasteiger partial charge in [0.15, 0.2) is 0 Å². The monoisotopic (exact) mass is 288 g/mol. The fourth-order valence-corrected chi connectivity index (χ4v) is 1.39. The standard InChI is InChI=1S/C11H10F2N2O5/c12-7-5-8(13)9(15(19)20)4-6(7)11(18)14-3-1-2-10(16)17/h4-5H,1-3H2,(H,14,18)(H,16,17). The molecule has 1 rings (SSSR count). The smallest absolute Gasteiger partial charge is 0.305 e. The van der Waals surface area contributed by atoms with Crippen molar-refractivity contribution in [3.63, 3.8) is 0 Å². The predicted molar refractivity (Wildman–Crippen MR) is 62.2 cm³/mol. The summed E-state index contributed by atoms with van der Waals surface area (Å²) in [6, 6.07) is 0.751. The summed E-state index contributed by atoms with van der Waals surface area (Å²) in [4.78, 5) is 31.2. The van der Waals surface area contributed by atoms with Gasteiger partial charge in [-0.3, -0.25) is 19.7 Å². The van der Waals surface area contributed by atoms with Crippen LogP contribution in [0.15, 0.2) is 12.1 Å². The topological polar surface area (TPSA) is 110 Å². The van der Waals surface area contributed by atoms with Crippen molar-refractivity contribution in [1.82, 2.24) is 5.32 Å². The normalized spacial score (nSPS) is 10.1. The molecule has 0 aliphatic heterocycles. The Hall–Kier alpha value is -2.58. The number of hydrogen-bond acceptors (Lipinski definition) is 4. The van der Waals surface area contributed by atoms with E-state index in [1.807, 2.05) is 0 Å². The number of carboxylic acid groups (broad SMARTS) is 1. The molecule has 0 aliphatic carbocycles. The third-order valence-corrected chi connectivity index (χ3v) is 2.33. The molecule has 0 fully saturated rings. The van der Waals surface area contributed by atoms with Crippen LogP contribution in [0.2, 0.25) is 0 Å². The lowest BCUT2D eigenvalue weighted by Gasteiger charge is -2.05. The Morgan fingerprint density at radius 1 is 1.30 bits per heavy atom. The zero-order valence-corrected chi connectivity index (χ0v) is 10.1. The highest BCUT2D eigenvalue weighted by atomic mass is 19.1. The largest absolute Gasteiger partial charge is 0.481 e. The molecule has 108 valence electrons. The molecule has 0 bridgehead atoms. The summed E-state index contributed by atoms with van der Waals surface area (Å²) in [5.41, 5.74) is -1.68. The van der Waals surface area contributed by atoms with Gasteiger partial charge in [-0.05, 0) is 6.42 Å². The third-order valence-electron chi connectivity index (χ3n) is 2.33. The molecule has 2 N–H and O–H groups in total. The molecule has 0 saturated heterocycles. The number of rotatable bonds is 6. The SMILES string of the molecule is O=C(O)CCCNC(=O)c1cc([N+](=O)[O-])c(F)cc1F. The fraction of sp³-hybridized carbons (Fsp3) is 0.273. The van der Waals surface area contributed by atoms with Gasteiger partial charge in [-0.15, -0.1) is 0 Å². The number of nitro benzene ring substituents is 1. The highest BCUT2D eigenvalue weighted by Crippen LogP contribution is 2.21. The first-order chi connectivity index (χ1) is 9.32. The molecule has 0 spiro atoms. The summed E-state index contributed by atoms with van der Waals surface area (Å²) in [6.45, 7) is -0.0459. The molecule has 1 aromatic rings. The van der Waals surface area contributed by atoms with Crippen LogP contribution in [-0.4, -0.2) is 28.5 Å². The predicted octanol–water partition coefficient (Wildman–Crippen LogP) is 1.47. The van der Waals surface area contributed by atoms with Crippen molar-refractivity contribution in [2.24, 2.45) is 0 Å². The van der Waals surface area contributed by atoms with Crippen LogP contribution in [0.3, 0.4) is 0 Å². The summed E-state index contributed by atoms with van der Waals surface area (Å²) in [7, 11) is 0. The quantitative estimate of drug-likeness (QED) is 0.468. The molecule has 0 atom stereocenters. The Morgan fingerprint density at radius 2 is 1.95 bits per heavy atom. The van der Waals surface area contributed by atoms with Crippen LogP contribution in [0.5, 0.6) is 0 Å². The van der Waals surface area contributed by atoms with Gasteiger partial charge < -0.3 is 10.4 Å². The van der Waals surface area contributed by atoms with Gasteiger partial charge in [-0.2, -0.15) is 4.39 Å². The number of aliphatic carboxylic acids is 1. The zero-order chi connectivity index (χ0) is 15.3. The maximum atomic E-state index is 13.4. The van der Waals surface area contributed by atoms with E-state index in [-0.39, 0.29) is 25.5 Å². The molecule has 1 amide bonds. The van der Waals surface area contributed by atoms with Gasteiger partial charge in [0.05, 0.1) is 10.5 Å². The molecule has 0 saturated carbocycles. The van der Waals surface area contributed by atoms with Gasteiger partial charge in [0.1, 0.15) is 5.82 Å². The number of nitrogens with zero attached hydrogens (tertiary/aromatic N) is 1. The minimum Gasteiger partial charge on any atom is -0.481 e. The van der Waals surface area contributed by atoms with Crippen LogP contribution < -0.4 is 5.32 Å². The van der Waals surface area contributed by atoms with E-state index in [9.17, 15) is 28.5 Å². The second-order valence-corrected chi connectivity index (χ2v) is 3.79. The van der Waals surface area contributed by atoms with Crippen molar-refractivity contribution in [1.29, 1.82) is 0 Å². The maximum absolute atomic E-state index is 13.4. The van der Waals surface area contributed by atoms with E-state index >= 15 is 0 Å².